The van der Waals surface area contributed by atoms with Gasteiger partial charge >= 0.3 is 0 Å². The van der Waals surface area contributed by atoms with E-state index in [1.807, 2.05) is 60.7 Å². The minimum absolute atomic E-state index is 0.0301. The summed E-state index contributed by atoms with van der Waals surface area (Å²) in [5.74, 6) is 0.0301. The van der Waals surface area contributed by atoms with Crippen molar-refractivity contribution >= 4 is 17.4 Å². The second-order valence-corrected chi connectivity index (χ2v) is 5.02. The van der Waals surface area contributed by atoms with Gasteiger partial charge in [-0.3, -0.25) is 4.79 Å². The minimum atomic E-state index is -1.04. The normalized spacial score (nSPS) is 23.7. The summed E-state index contributed by atoms with van der Waals surface area (Å²) >= 11 is 6.55. The lowest BCUT2D eigenvalue weighted by Gasteiger charge is -2.43. The van der Waals surface area contributed by atoms with Crippen LogP contribution in [0.25, 0.3) is 0 Å². The molecule has 1 fully saturated rings. The largest absolute Gasteiger partial charge is 0.352 e. The van der Waals surface area contributed by atoms with Gasteiger partial charge in [0.15, 0.2) is 11.4 Å². The molecule has 1 saturated heterocycles. The lowest BCUT2D eigenvalue weighted by molar-refractivity contribution is -0.182. The molecule has 0 spiro atoms. The van der Waals surface area contributed by atoms with Gasteiger partial charge in [0.05, 0.1) is 5.38 Å². The first-order valence-electron chi connectivity index (χ1n) is 6.17. The summed E-state index contributed by atoms with van der Waals surface area (Å²) < 4.78 is 5.65. The van der Waals surface area contributed by atoms with Crippen LogP contribution in [-0.4, -0.2) is 12.4 Å². The lowest BCUT2D eigenvalue weighted by atomic mass is 9.79. The van der Waals surface area contributed by atoms with Crippen LogP contribution in [0, 0.1) is 0 Å². The van der Waals surface area contributed by atoms with Crippen LogP contribution in [-0.2, 0) is 15.1 Å². The van der Waals surface area contributed by atoms with E-state index in [-0.39, 0.29) is 12.4 Å². The van der Waals surface area contributed by atoms with Crippen molar-refractivity contribution < 1.29 is 9.53 Å². The molecule has 3 rings (SSSR count). The number of ketones is 1. The maximum Gasteiger partial charge on any atom is 0.196 e. The first kappa shape index (κ1) is 12.4. The van der Waals surface area contributed by atoms with Crippen molar-refractivity contribution in [1.82, 2.24) is 0 Å². The van der Waals surface area contributed by atoms with Gasteiger partial charge in [0.1, 0.15) is 6.61 Å². The average Bonchev–Trinajstić information content (AvgIpc) is 2.48. The molecule has 2 atom stereocenters. The van der Waals surface area contributed by atoms with Crippen LogP contribution < -0.4 is 0 Å². The Morgan fingerprint density at radius 1 is 1.00 bits per heavy atom. The number of halogens is 1. The second kappa shape index (κ2) is 4.80. The van der Waals surface area contributed by atoms with E-state index in [1.165, 1.54) is 0 Å². The maximum absolute atomic E-state index is 12.2. The molecule has 0 N–H and O–H groups in total. The highest BCUT2D eigenvalue weighted by atomic mass is 35.5. The Morgan fingerprint density at radius 2 is 1.58 bits per heavy atom. The second-order valence-electron chi connectivity index (χ2n) is 4.59. The van der Waals surface area contributed by atoms with Crippen LogP contribution in [0.3, 0.4) is 0 Å². The molecule has 2 aromatic rings. The van der Waals surface area contributed by atoms with Crippen molar-refractivity contribution in [1.29, 1.82) is 0 Å². The number of hydrogen-bond donors (Lipinski definition) is 0. The fraction of sp³-hybridized carbons (Fsp3) is 0.188. The van der Waals surface area contributed by atoms with E-state index in [4.69, 9.17) is 16.3 Å². The summed E-state index contributed by atoms with van der Waals surface area (Å²) in [7, 11) is 0. The van der Waals surface area contributed by atoms with Crippen molar-refractivity contribution in [2.24, 2.45) is 0 Å². The molecule has 2 nitrogen and oxygen atoms in total. The van der Waals surface area contributed by atoms with Gasteiger partial charge in [-0.2, -0.15) is 0 Å². The number of Topliss-reactive ketones (excluding diaryl/α,β-unsaturated/α-hetero) is 1. The van der Waals surface area contributed by atoms with Gasteiger partial charge in [-0.05, 0) is 11.1 Å². The van der Waals surface area contributed by atoms with Crippen LogP contribution in [0.4, 0.5) is 0 Å². The van der Waals surface area contributed by atoms with Crippen LogP contribution in [0.5, 0.6) is 0 Å². The topological polar surface area (TPSA) is 26.3 Å². The molecule has 3 heteroatoms. The number of carbonyl (C=O) groups is 1. The number of carbonyl (C=O) groups excluding carboxylic acids is 1. The first-order chi connectivity index (χ1) is 9.25. The summed E-state index contributed by atoms with van der Waals surface area (Å²) in [6.07, 6.45) is 0. The summed E-state index contributed by atoms with van der Waals surface area (Å²) in [5, 5.41) is -0.516. The average molecular weight is 273 g/mol. The zero-order valence-electron chi connectivity index (χ0n) is 10.3. The van der Waals surface area contributed by atoms with Gasteiger partial charge in [-0.15, -0.1) is 11.6 Å². The standard InChI is InChI=1S/C16H13ClO2/c17-15(12-7-3-1-4-8-12)16(14(18)11-19-16)13-9-5-2-6-10-13/h1-10,15H,11H2/t15-,16+/m1/s1. The van der Waals surface area contributed by atoms with E-state index in [0.717, 1.165) is 11.1 Å². The lowest BCUT2D eigenvalue weighted by Crippen LogP contribution is -2.54. The molecule has 0 bridgehead atoms. The third kappa shape index (κ3) is 1.88. The Kier molecular flexibility index (Phi) is 3.13. The Morgan fingerprint density at radius 3 is 2.05 bits per heavy atom. The van der Waals surface area contributed by atoms with E-state index < -0.39 is 11.0 Å². The molecule has 0 radical (unpaired) electrons. The van der Waals surface area contributed by atoms with Crippen molar-refractivity contribution in [3.63, 3.8) is 0 Å². The highest BCUT2D eigenvalue weighted by molar-refractivity contribution is 6.24. The molecule has 0 saturated carbocycles. The maximum atomic E-state index is 12.2. The van der Waals surface area contributed by atoms with Gasteiger partial charge in [-0.25, -0.2) is 0 Å². The minimum Gasteiger partial charge on any atom is -0.352 e. The van der Waals surface area contributed by atoms with Gasteiger partial charge in [-0.1, -0.05) is 60.7 Å². The molecule has 1 aliphatic heterocycles. The molecule has 0 amide bonds. The van der Waals surface area contributed by atoms with Gasteiger partial charge in [0, 0.05) is 0 Å². The molecular weight excluding hydrogens is 260 g/mol. The summed E-state index contributed by atoms with van der Waals surface area (Å²) in [6, 6.07) is 19.0. The molecule has 0 unspecified atom stereocenters. The quantitative estimate of drug-likeness (QED) is 0.800. The number of rotatable bonds is 3. The number of ether oxygens (including phenoxy) is 1. The number of benzene rings is 2. The predicted octanol–water partition coefficient (Wildman–Crippen LogP) is 3.46. The molecule has 1 heterocycles. The van der Waals surface area contributed by atoms with Crippen LogP contribution >= 0.6 is 11.6 Å². The first-order valence-corrected chi connectivity index (χ1v) is 6.60. The van der Waals surface area contributed by atoms with Crippen LogP contribution in [0.1, 0.15) is 16.5 Å². The summed E-state index contributed by atoms with van der Waals surface area (Å²) in [5.41, 5.74) is 0.667. The van der Waals surface area contributed by atoms with E-state index in [2.05, 4.69) is 0 Å². The third-order valence-corrected chi connectivity index (χ3v) is 4.06. The van der Waals surface area contributed by atoms with Crippen molar-refractivity contribution in [3.05, 3.63) is 71.8 Å². The SMILES string of the molecule is O=C1CO[C@]1(c1ccccc1)[C@H](Cl)c1ccccc1. The summed E-state index contributed by atoms with van der Waals surface area (Å²) in [4.78, 5) is 12.2. The van der Waals surface area contributed by atoms with Gasteiger partial charge < -0.3 is 4.74 Å². The van der Waals surface area contributed by atoms with Gasteiger partial charge in [0.2, 0.25) is 0 Å². The van der Waals surface area contributed by atoms with E-state index in [0.29, 0.717) is 0 Å². The van der Waals surface area contributed by atoms with Crippen LogP contribution in [0.2, 0.25) is 0 Å². The Labute approximate surface area is 117 Å². The third-order valence-electron chi connectivity index (χ3n) is 3.50. The smallest absolute Gasteiger partial charge is 0.196 e. The zero-order chi connectivity index (χ0) is 13.3. The highest BCUT2D eigenvalue weighted by Gasteiger charge is 2.54. The Bertz CT molecular complexity index is 582. The van der Waals surface area contributed by atoms with Crippen LogP contribution in [0.15, 0.2) is 60.7 Å². The van der Waals surface area contributed by atoms with E-state index >= 15 is 0 Å². The monoisotopic (exact) mass is 272 g/mol. The Balaban J connectivity index is 2.05. The molecule has 96 valence electrons. The highest BCUT2D eigenvalue weighted by Crippen LogP contribution is 2.48. The van der Waals surface area contributed by atoms with Gasteiger partial charge in [0.25, 0.3) is 0 Å². The van der Waals surface area contributed by atoms with E-state index in [1.54, 1.807) is 0 Å². The van der Waals surface area contributed by atoms with Crippen molar-refractivity contribution in [2.75, 3.05) is 6.61 Å². The molecule has 0 aliphatic carbocycles. The van der Waals surface area contributed by atoms with Crippen molar-refractivity contribution in [3.8, 4) is 0 Å². The zero-order valence-corrected chi connectivity index (χ0v) is 11.0. The molecule has 0 aromatic heterocycles. The molecular formula is C16H13ClO2. The molecule has 1 aliphatic rings. The number of alkyl halides is 1. The fourth-order valence-corrected chi connectivity index (χ4v) is 2.89. The predicted molar refractivity (Wildman–Crippen MR) is 74.1 cm³/mol. The molecule has 19 heavy (non-hydrogen) atoms. The van der Waals surface area contributed by atoms with E-state index in [9.17, 15) is 4.79 Å². The van der Waals surface area contributed by atoms with Crippen molar-refractivity contribution in [2.45, 2.75) is 11.0 Å². The fourth-order valence-electron chi connectivity index (χ4n) is 2.43. The number of hydrogen-bond acceptors (Lipinski definition) is 2. The molecule has 2 aromatic carbocycles. The Hall–Kier alpha value is -1.64. The summed E-state index contributed by atoms with van der Waals surface area (Å²) in [6.45, 7) is 0.130.